The van der Waals surface area contributed by atoms with Gasteiger partial charge < -0.3 is 5.11 Å². The number of hydrogen-bond acceptors (Lipinski definition) is 3. The number of aliphatic carboxylic acids is 1. The van der Waals surface area contributed by atoms with Crippen LogP contribution in [-0.4, -0.2) is 20.6 Å². The summed E-state index contributed by atoms with van der Waals surface area (Å²) in [7, 11) is 0. The minimum atomic E-state index is -1.01. The summed E-state index contributed by atoms with van der Waals surface area (Å²) >= 11 is 0. The highest BCUT2D eigenvalue weighted by molar-refractivity contribution is 5.85. The highest BCUT2D eigenvalue weighted by Gasteiger charge is 2.02. The Labute approximate surface area is 109 Å². The quantitative estimate of drug-likeness (QED) is 0.839. The van der Waals surface area contributed by atoms with Gasteiger partial charge in [-0.1, -0.05) is 24.3 Å². The lowest BCUT2D eigenvalue weighted by Gasteiger charge is -2.07. The second-order valence-corrected chi connectivity index (χ2v) is 3.92. The van der Waals surface area contributed by atoms with Gasteiger partial charge in [0.2, 0.25) is 0 Å². The lowest BCUT2D eigenvalue weighted by Crippen LogP contribution is -2.19. The van der Waals surface area contributed by atoms with Crippen molar-refractivity contribution in [1.29, 1.82) is 0 Å². The number of benzene rings is 1. The number of carboxylic acid groups (broad SMARTS) is 1. The van der Waals surface area contributed by atoms with Crippen molar-refractivity contribution >= 4 is 12.0 Å². The minimum Gasteiger partial charge on any atom is -0.478 e. The number of rotatable bonds is 4. The largest absolute Gasteiger partial charge is 0.478 e. The van der Waals surface area contributed by atoms with Crippen molar-refractivity contribution in [3.05, 3.63) is 70.4 Å². The molecule has 0 amide bonds. The molecule has 0 saturated heterocycles. The number of carboxylic acids is 1. The van der Waals surface area contributed by atoms with Gasteiger partial charge in [-0.2, -0.15) is 0 Å². The molecule has 0 spiro atoms. The Balaban J connectivity index is 2.33. The summed E-state index contributed by atoms with van der Waals surface area (Å²) in [6.45, 7) is 0.354. The Bertz CT molecular complexity index is 674. The fourth-order valence-electron chi connectivity index (χ4n) is 1.68. The second kappa shape index (κ2) is 5.77. The summed E-state index contributed by atoms with van der Waals surface area (Å²) in [4.78, 5) is 26.1. The minimum absolute atomic E-state index is 0.146. The molecule has 19 heavy (non-hydrogen) atoms. The lowest BCUT2D eigenvalue weighted by molar-refractivity contribution is -0.131. The molecule has 0 fully saturated rings. The second-order valence-electron chi connectivity index (χ2n) is 3.92. The van der Waals surface area contributed by atoms with E-state index in [-0.39, 0.29) is 5.56 Å². The molecule has 1 N–H and O–H groups in total. The van der Waals surface area contributed by atoms with Gasteiger partial charge in [-0.25, -0.2) is 9.78 Å². The van der Waals surface area contributed by atoms with Gasteiger partial charge in [-0.3, -0.25) is 9.36 Å². The van der Waals surface area contributed by atoms with Gasteiger partial charge in [0, 0.05) is 18.3 Å². The van der Waals surface area contributed by atoms with E-state index in [1.807, 2.05) is 18.2 Å². The number of nitrogens with zero attached hydrogens (tertiary/aromatic N) is 2. The molecular formula is C14H12N2O3. The molecule has 96 valence electrons. The lowest BCUT2D eigenvalue weighted by atomic mass is 10.1. The molecule has 0 saturated carbocycles. The molecule has 0 bridgehead atoms. The molecule has 0 unspecified atom stereocenters. The predicted molar refractivity (Wildman–Crippen MR) is 70.7 cm³/mol. The number of aromatic nitrogens is 2. The first kappa shape index (κ1) is 12.8. The first-order chi connectivity index (χ1) is 9.16. The summed E-state index contributed by atoms with van der Waals surface area (Å²) in [6, 6.07) is 8.69. The van der Waals surface area contributed by atoms with Crippen LogP contribution in [0.15, 0.2) is 53.7 Å². The van der Waals surface area contributed by atoms with E-state index in [0.29, 0.717) is 6.54 Å². The maximum Gasteiger partial charge on any atom is 0.328 e. The molecule has 0 aliphatic heterocycles. The Morgan fingerprint density at radius 2 is 2.11 bits per heavy atom. The van der Waals surface area contributed by atoms with Crippen LogP contribution >= 0.6 is 0 Å². The molecule has 1 heterocycles. The third kappa shape index (κ3) is 3.38. The zero-order valence-corrected chi connectivity index (χ0v) is 10.1. The Hall–Kier alpha value is -2.69. The van der Waals surface area contributed by atoms with Crippen LogP contribution < -0.4 is 5.56 Å². The third-order valence-electron chi connectivity index (χ3n) is 2.59. The number of carbonyl (C=O) groups is 1. The van der Waals surface area contributed by atoms with Crippen molar-refractivity contribution in [3.63, 3.8) is 0 Å². The molecular weight excluding hydrogens is 244 g/mol. The molecule has 1 aromatic heterocycles. The maximum atomic E-state index is 11.6. The molecule has 2 aromatic rings. The summed E-state index contributed by atoms with van der Waals surface area (Å²) < 4.78 is 1.47. The van der Waals surface area contributed by atoms with E-state index in [4.69, 9.17) is 5.11 Å². The van der Waals surface area contributed by atoms with Gasteiger partial charge in [0.15, 0.2) is 0 Å². The highest BCUT2D eigenvalue weighted by atomic mass is 16.4. The van der Waals surface area contributed by atoms with Crippen molar-refractivity contribution in [2.24, 2.45) is 0 Å². The van der Waals surface area contributed by atoms with Gasteiger partial charge >= 0.3 is 5.97 Å². The zero-order valence-electron chi connectivity index (χ0n) is 10.1. The van der Waals surface area contributed by atoms with Gasteiger partial charge in [0.25, 0.3) is 5.56 Å². The van der Waals surface area contributed by atoms with E-state index in [1.165, 1.54) is 29.2 Å². The monoisotopic (exact) mass is 256 g/mol. The maximum absolute atomic E-state index is 11.6. The molecule has 0 aliphatic carbocycles. The first-order valence-corrected chi connectivity index (χ1v) is 5.66. The van der Waals surface area contributed by atoms with E-state index < -0.39 is 5.97 Å². The van der Waals surface area contributed by atoms with E-state index in [1.54, 1.807) is 6.07 Å². The average molecular weight is 256 g/mol. The normalized spacial score (nSPS) is 10.7. The summed E-state index contributed by atoms with van der Waals surface area (Å²) in [5, 5.41) is 8.65. The standard InChI is InChI=1S/C14H12N2O3/c17-13-7-8-15-10-16(13)9-12-4-2-1-3-11(12)5-6-14(18)19/h1-8,10H,9H2,(H,18,19). The predicted octanol–water partition coefficient (Wildman–Crippen LogP) is 1.39. The van der Waals surface area contributed by atoms with Gasteiger partial charge in [-0.05, 0) is 17.2 Å². The molecule has 1 aromatic carbocycles. The van der Waals surface area contributed by atoms with Gasteiger partial charge in [0.05, 0.1) is 12.9 Å². The molecule has 5 heteroatoms. The van der Waals surface area contributed by atoms with Crippen molar-refractivity contribution in [2.75, 3.05) is 0 Å². The molecule has 0 atom stereocenters. The highest BCUT2D eigenvalue weighted by Crippen LogP contribution is 2.11. The average Bonchev–Trinajstić information content (AvgIpc) is 2.40. The number of hydrogen-bond donors (Lipinski definition) is 1. The van der Waals surface area contributed by atoms with Crippen LogP contribution in [0, 0.1) is 0 Å². The van der Waals surface area contributed by atoms with Gasteiger partial charge in [0.1, 0.15) is 0 Å². The van der Waals surface area contributed by atoms with Crippen LogP contribution in [0.25, 0.3) is 6.08 Å². The fraction of sp³-hybridized carbons (Fsp3) is 0.0714. The van der Waals surface area contributed by atoms with Crippen LogP contribution in [-0.2, 0) is 11.3 Å². The van der Waals surface area contributed by atoms with Crippen molar-refractivity contribution < 1.29 is 9.90 Å². The molecule has 0 radical (unpaired) electrons. The zero-order chi connectivity index (χ0) is 13.7. The van der Waals surface area contributed by atoms with E-state index in [0.717, 1.165) is 17.2 Å². The van der Waals surface area contributed by atoms with Crippen LogP contribution in [0.2, 0.25) is 0 Å². The van der Waals surface area contributed by atoms with Crippen molar-refractivity contribution in [3.8, 4) is 0 Å². The van der Waals surface area contributed by atoms with Crippen LogP contribution in [0.4, 0.5) is 0 Å². The van der Waals surface area contributed by atoms with E-state index >= 15 is 0 Å². The SMILES string of the molecule is O=C(O)C=Cc1ccccc1Cn1cnccc1=O. The van der Waals surface area contributed by atoms with E-state index in [9.17, 15) is 9.59 Å². The first-order valence-electron chi connectivity index (χ1n) is 5.66. The third-order valence-corrected chi connectivity index (χ3v) is 2.59. The van der Waals surface area contributed by atoms with Crippen LogP contribution in [0.3, 0.4) is 0 Å². The Morgan fingerprint density at radius 3 is 2.84 bits per heavy atom. The Kier molecular flexibility index (Phi) is 3.87. The molecule has 5 nitrogen and oxygen atoms in total. The topological polar surface area (TPSA) is 72.2 Å². The molecule has 2 rings (SSSR count). The summed E-state index contributed by atoms with van der Waals surface area (Å²) in [6.07, 6.45) is 5.49. The summed E-state index contributed by atoms with van der Waals surface area (Å²) in [5.41, 5.74) is 1.47. The van der Waals surface area contributed by atoms with Crippen LogP contribution in [0.1, 0.15) is 11.1 Å². The van der Waals surface area contributed by atoms with Crippen molar-refractivity contribution in [1.82, 2.24) is 9.55 Å². The smallest absolute Gasteiger partial charge is 0.328 e. The van der Waals surface area contributed by atoms with Crippen LogP contribution in [0.5, 0.6) is 0 Å². The Morgan fingerprint density at radius 1 is 1.32 bits per heavy atom. The van der Waals surface area contributed by atoms with Gasteiger partial charge in [-0.15, -0.1) is 0 Å². The molecule has 0 aliphatic rings. The fourth-order valence-corrected chi connectivity index (χ4v) is 1.68. The van der Waals surface area contributed by atoms with E-state index in [2.05, 4.69) is 4.98 Å². The van der Waals surface area contributed by atoms with Crippen molar-refractivity contribution in [2.45, 2.75) is 6.54 Å². The summed E-state index contributed by atoms with van der Waals surface area (Å²) in [5.74, 6) is -1.01.